The third-order valence-corrected chi connectivity index (χ3v) is 9.20. The zero-order valence-corrected chi connectivity index (χ0v) is 33.5. The fourth-order valence-corrected chi connectivity index (χ4v) is 5.80. The average molecular weight is 779 g/mol. The zero-order valence-electron chi connectivity index (χ0n) is 33.5. The molecule has 0 bridgehead atoms. The smallest absolute Gasteiger partial charge is 0.338 e. The summed E-state index contributed by atoms with van der Waals surface area (Å²) in [5.74, 6) is 0.406. The number of esters is 2. The minimum atomic E-state index is -0.497. The van der Waals surface area contributed by atoms with Gasteiger partial charge >= 0.3 is 11.9 Å². The van der Waals surface area contributed by atoms with Crippen LogP contribution in [-0.2, 0) is 9.47 Å². The number of aromatic hydroxyl groups is 2. The first-order valence-electron chi connectivity index (χ1n) is 20.4. The van der Waals surface area contributed by atoms with Gasteiger partial charge in [0.25, 0.3) is 0 Å². The predicted molar refractivity (Wildman–Crippen MR) is 227 cm³/mol. The molecule has 0 heterocycles. The Bertz CT molecular complexity index is 1720. The van der Waals surface area contributed by atoms with Gasteiger partial charge in [-0.3, -0.25) is 9.98 Å². The van der Waals surface area contributed by atoms with Gasteiger partial charge in [-0.1, -0.05) is 78.1 Å². The largest absolute Gasteiger partial charge is 0.507 e. The number of phenolic OH excluding ortho intramolecular Hbond substituents is 2. The monoisotopic (exact) mass is 778 g/mol. The second-order valence-corrected chi connectivity index (χ2v) is 13.9. The highest BCUT2D eigenvalue weighted by molar-refractivity contribution is 5.91. The van der Waals surface area contributed by atoms with Crippen molar-refractivity contribution in [2.24, 2.45) is 9.98 Å². The van der Waals surface area contributed by atoms with Crippen LogP contribution in [0.2, 0.25) is 0 Å². The van der Waals surface area contributed by atoms with Gasteiger partial charge in [0.2, 0.25) is 0 Å². The van der Waals surface area contributed by atoms with E-state index in [0.29, 0.717) is 64.8 Å². The molecule has 10 heteroatoms. The van der Waals surface area contributed by atoms with Crippen LogP contribution >= 0.6 is 0 Å². The Morgan fingerprint density at radius 1 is 0.491 bits per heavy atom. The minimum absolute atomic E-state index is 0.0774. The first kappa shape index (κ1) is 44.1. The van der Waals surface area contributed by atoms with E-state index in [9.17, 15) is 19.8 Å². The van der Waals surface area contributed by atoms with Crippen molar-refractivity contribution in [1.82, 2.24) is 0 Å². The zero-order chi connectivity index (χ0) is 40.5. The number of hydrogen-bond donors (Lipinski definition) is 2. The van der Waals surface area contributed by atoms with E-state index in [-0.39, 0.29) is 24.7 Å². The summed E-state index contributed by atoms with van der Waals surface area (Å²) in [7, 11) is 0. The van der Waals surface area contributed by atoms with Gasteiger partial charge in [-0.15, -0.1) is 0 Å². The molecule has 0 fully saturated rings. The van der Waals surface area contributed by atoms with Crippen molar-refractivity contribution in [1.29, 1.82) is 0 Å². The number of hydrogen-bond acceptors (Lipinski definition) is 10. The van der Waals surface area contributed by atoms with E-state index in [1.165, 1.54) is 51.4 Å². The van der Waals surface area contributed by atoms with Gasteiger partial charge in [0.1, 0.15) is 23.0 Å². The number of rotatable bonds is 26. The summed E-state index contributed by atoms with van der Waals surface area (Å²) < 4.78 is 22.2. The van der Waals surface area contributed by atoms with Crippen molar-refractivity contribution >= 4 is 35.7 Å². The molecule has 0 spiro atoms. The normalized spacial score (nSPS) is 11.3. The lowest BCUT2D eigenvalue weighted by atomic mass is 10.1. The Kier molecular flexibility index (Phi) is 19.7. The third kappa shape index (κ3) is 16.5. The summed E-state index contributed by atoms with van der Waals surface area (Å²) in [5.41, 5.74) is 3.05. The fourth-order valence-electron chi connectivity index (χ4n) is 5.80. The minimum Gasteiger partial charge on any atom is -0.507 e. The van der Waals surface area contributed by atoms with Gasteiger partial charge in [-0.05, 0) is 85.6 Å². The highest BCUT2D eigenvalue weighted by atomic mass is 16.5. The molecule has 4 aromatic rings. The summed E-state index contributed by atoms with van der Waals surface area (Å²) in [4.78, 5) is 33.9. The summed E-state index contributed by atoms with van der Waals surface area (Å²) in [6, 6.07) is 23.6. The lowest BCUT2D eigenvalue weighted by Crippen LogP contribution is -2.11. The van der Waals surface area contributed by atoms with Gasteiger partial charge in [0, 0.05) is 42.1 Å². The van der Waals surface area contributed by atoms with Crippen LogP contribution in [0.1, 0.15) is 129 Å². The lowest BCUT2D eigenvalue weighted by molar-refractivity contribution is 0.0396. The molecule has 0 unspecified atom stereocenters. The van der Waals surface area contributed by atoms with Crippen molar-refractivity contribution < 1.29 is 38.7 Å². The third-order valence-electron chi connectivity index (χ3n) is 9.20. The van der Waals surface area contributed by atoms with Crippen LogP contribution in [0.15, 0.2) is 94.9 Å². The molecule has 0 saturated carbocycles. The summed E-state index contributed by atoms with van der Waals surface area (Å²) in [6.45, 7) is 5.81. The number of nitrogens with zero attached hydrogens (tertiary/aromatic N) is 2. The number of benzene rings is 4. The van der Waals surface area contributed by atoms with Crippen molar-refractivity contribution in [3.63, 3.8) is 0 Å². The van der Waals surface area contributed by atoms with E-state index in [0.717, 1.165) is 25.7 Å². The second-order valence-electron chi connectivity index (χ2n) is 13.9. The molecular weight excluding hydrogens is 721 g/mol. The molecule has 10 nitrogen and oxygen atoms in total. The fraction of sp³-hybridized carbons (Fsp3) is 0.404. The highest BCUT2D eigenvalue weighted by Crippen LogP contribution is 2.25. The van der Waals surface area contributed by atoms with Gasteiger partial charge in [-0.25, -0.2) is 9.59 Å². The van der Waals surface area contributed by atoms with Crippen LogP contribution in [0.25, 0.3) is 0 Å². The maximum Gasteiger partial charge on any atom is 0.338 e. The molecule has 0 aliphatic carbocycles. The van der Waals surface area contributed by atoms with E-state index < -0.39 is 11.9 Å². The van der Waals surface area contributed by atoms with Crippen molar-refractivity contribution in [3.05, 3.63) is 107 Å². The summed E-state index contributed by atoms with van der Waals surface area (Å²) >= 11 is 0. The average Bonchev–Trinajstić information content (AvgIpc) is 3.22. The second kappa shape index (κ2) is 25.5. The van der Waals surface area contributed by atoms with E-state index in [2.05, 4.69) is 23.8 Å². The van der Waals surface area contributed by atoms with Crippen LogP contribution < -0.4 is 9.47 Å². The molecular formula is C47H58N2O8. The number of carbonyl (C=O) groups excluding carboxylic acids is 2. The highest BCUT2D eigenvalue weighted by Gasteiger charge is 2.10. The van der Waals surface area contributed by atoms with E-state index in [1.54, 1.807) is 85.2 Å². The molecule has 4 rings (SSSR count). The van der Waals surface area contributed by atoms with Gasteiger partial charge in [0.05, 0.1) is 48.9 Å². The molecule has 0 aliphatic heterocycles. The topological polar surface area (TPSA) is 136 Å². The van der Waals surface area contributed by atoms with Crippen LogP contribution in [0, 0.1) is 0 Å². The first-order valence-corrected chi connectivity index (χ1v) is 20.4. The van der Waals surface area contributed by atoms with Crippen LogP contribution in [0.3, 0.4) is 0 Å². The van der Waals surface area contributed by atoms with Gasteiger partial charge in [-0.2, -0.15) is 0 Å². The van der Waals surface area contributed by atoms with Crippen LogP contribution in [0.4, 0.5) is 11.4 Å². The Morgan fingerprint density at radius 2 is 0.877 bits per heavy atom. The molecule has 0 aliphatic rings. The maximum atomic E-state index is 12.5. The number of phenols is 2. The quantitative estimate of drug-likeness (QED) is 0.0365. The standard InChI is InChI=1S/C47H58N2O8/c1-3-5-7-9-11-13-28-54-42-26-20-38(44(50)32-42)34-48-40-22-16-36(17-23-40)46(52)56-30-15-31-57-47(53)37-18-24-41(25-19-37)49-35-39-21-27-43(33-45(39)51)55-29-14-12-10-8-6-4-2/h16-27,32-35,50-51H,3-15,28-31H2,1-2H3. The van der Waals surface area contributed by atoms with Crippen LogP contribution in [0.5, 0.6) is 23.0 Å². The number of ether oxygens (including phenoxy) is 4. The molecule has 0 aromatic heterocycles. The molecule has 4 aromatic carbocycles. The van der Waals surface area contributed by atoms with Gasteiger partial charge < -0.3 is 29.2 Å². The van der Waals surface area contributed by atoms with Crippen LogP contribution in [-0.4, -0.2) is 61.0 Å². The van der Waals surface area contributed by atoms with Crippen molar-refractivity contribution in [2.75, 3.05) is 26.4 Å². The summed E-state index contributed by atoms with van der Waals surface area (Å²) in [6.07, 6.45) is 17.7. The molecule has 304 valence electrons. The molecule has 2 N–H and O–H groups in total. The van der Waals surface area contributed by atoms with Gasteiger partial charge in [0.15, 0.2) is 0 Å². The number of carbonyl (C=O) groups is 2. The first-order chi connectivity index (χ1) is 27.9. The molecule has 0 saturated heterocycles. The Labute approximate surface area is 337 Å². The predicted octanol–water partition coefficient (Wildman–Crippen LogP) is 11.5. The number of unbranched alkanes of at least 4 members (excludes halogenated alkanes) is 10. The maximum absolute atomic E-state index is 12.5. The van der Waals surface area contributed by atoms with E-state index >= 15 is 0 Å². The molecule has 0 amide bonds. The lowest BCUT2D eigenvalue weighted by Gasteiger charge is -2.08. The van der Waals surface area contributed by atoms with Crippen molar-refractivity contribution in [2.45, 2.75) is 97.3 Å². The molecule has 57 heavy (non-hydrogen) atoms. The summed E-state index contributed by atoms with van der Waals surface area (Å²) in [5, 5.41) is 20.9. The molecule has 0 atom stereocenters. The SMILES string of the molecule is CCCCCCCCOc1ccc(C=Nc2ccc(C(=O)OCCCOC(=O)c3ccc(N=Cc4ccc(OCCCCCCCC)cc4O)cc3)cc2)c(O)c1. The number of aliphatic imine (C=N–C) groups is 2. The van der Waals surface area contributed by atoms with E-state index in [1.807, 2.05) is 12.1 Å². The van der Waals surface area contributed by atoms with Crippen molar-refractivity contribution in [3.8, 4) is 23.0 Å². The Hall–Kier alpha value is -5.64. The Balaban J connectivity index is 1.11. The molecule has 0 radical (unpaired) electrons. The van der Waals surface area contributed by atoms with E-state index in [4.69, 9.17) is 18.9 Å². The Morgan fingerprint density at radius 3 is 1.26 bits per heavy atom.